The Bertz CT molecular complexity index is 347. The fourth-order valence-electron chi connectivity index (χ4n) is 1.41. The molecule has 0 heterocycles. The molecule has 1 unspecified atom stereocenters. The molecule has 0 radical (unpaired) electrons. The Balaban J connectivity index is 3.12. The van der Waals surface area contributed by atoms with Gasteiger partial charge in [0.2, 0.25) is 0 Å². The van der Waals surface area contributed by atoms with Crippen molar-refractivity contribution < 1.29 is 9.90 Å². The Morgan fingerprint density at radius 2 is 2.21 bits per heavy atom. The van der Waals surface area contributed by atoms with Crippen molar-refractivity contribution in [3.05, 3.63) is 27.7 Å². The van der Waals surface area contributed by atoms with Gasteiger partial charge in [-0.25, -0.2) is 0 Å². The molecule has 1 N–H and O–H groups in total. The van der Waals surface area contributed by atoms with Crippen molar-refractivity contribution in [2.45, 2.75) is 26.2 Å². The molecule has 1 aromatic carbocycles. The van der Waals surface area contributed by atoms with Crippen LogP contribution in [0.5, 0.6) is 5.75 Å². The number of phenols is 1. The summed E-state index contributed by atoms with van der Waals surface area (Å²) in [6, 6.07) is 3.71. The Labute approximate surface area is 92.1 Å². The predicted octanol–water partition coefficient (Wildman–Crippen LogP) is 3.16. The minimum Gasteiger partial charge on any atom is -0.507 e. The summed E-state index contributed by atoms with van der Waals surface area (Å²) in [5.41, 5.74) is 1.65. The molecule has 0 amide bonds. The minimum absolute atomic E-state index is 0.0590. The SMILES string of the molecule is Cc1cc(Br)cc(C(C)CC=O)c1O. The van der Waals surface area contributed by atoms with E-state index in [1.54, 1.807) is 0 Å². The first-order chi connectivity index (χ1) is 6.56. The number of aromatic hydroxyl groups is 1. The molecule has 0 aliphatic heterocycles. The second-order valence-corrected chi connectivity index (χ2v) is 4.38. The lowest BCUT2D eigenvalue weighted by Crippen LogP contribution is -1.96. The molecule has 14 heavy (non-hydrogen) atoms. The Kier molecular flexibility index (Phi) is 3.69. The second-order valence-electron chi connectivity index (χ2n) is 3.46. The maximum atomic E-state index is 10.4. The number of carbonyl (C=O) groups excluding carboxylic acids is 1. The summed E-state index contributed by atoms with van der Waals surface area (Å²) in [6.07, 6.45) is 1.31. The number of phenolic OH excluding ortho intramolecular Hbond substituents is 1. The van der Waals surface area contributed by atoms with Gasteiger partial charge in [0.25, 0.3) is 0 Å². The zero-order chi connectivity index (χ0) is 10.7. The average molecular weight is 257 g/mol. The van der Waals surface area contributed by atoms with Crippen LogP contribution in [0.4, 0.5) is 0 Å². The molecule has 3 heteroatoms. The van der Waals surface area contributed by atoms with E-state index in [1.165, 1.54) is 0 Å². The van der Waals surface area contributed by atoms with Crippen LogP contribution in [0, 0.1) is 6.92 Å². The van der Waals surface area contributed by atoms with Gasteiger partial charge in [-0.2, -0.15) is 0 Å². The molecule has 0 aromatic heterocycles. The van der Waals surface area contributed by atoms with Crippen molar-refractivity contribution in [1.82, 2.24) is 0 Å². The van der Waals surface area contributed by atoms with E-state index in [2.05, 4.69) is 15.9 Å². The highest BCUT2D eigenvalue weighted by atomic mass is 79.9. The van der Waals surface area contributed by atoms with E-state index in [0.29, 0.717) is 12.2 Å². The van der Waals surface area contributed by atoms with E-state index in [4.69, 9.17) is 0 Å². The highest BCUT2D eigenvalue weighted by Gasteiger charge is 2.12. The van der Waals surface area contributed by atoms with Crippen LogP contribution in [-0.2, 0) is 4.79 Å². The summed E-state index contributed by atoms with van der Waals surface area (Å²) in [4.78, 5) is 10.4. The van der Waals surface area contributed by atoms with Gasteiger partial charge in [0.15, 0.2) is 0 Å². The second kappa shape index (κ2) is 4.60. The van der Waals surface area contributed by atoms with Crippen LogP contribution >= 0.6 is 15.9 Å². The monoisotopic (exact) mass is 256 g/mol. The Morgan fingerprint density at radius 1 is 1.57 bits per heavy atom. The summed E-state index contributed by atoms with van der Waals surface area (Å²) in [7, 11) is 0. The van der Waals surface area contributed by atoms with Gasteiger partial charge in [-0.3, -0.25) is 0 Å². The number of hydrogen-bond donors (Lipinski definition) is 1. The average Bonchev–Trinajstić information content (AvgIpc) is 2.11. The highest BCUT2D eigenvalue weighted by Crippen LogP contribution is 2.33. The fourth-order valence-corrected chi connectivity index (χ4v) is 2.00. The lowest BCUT2D eigenvalue weighted by Gasteiger charge is -2.13. The zero-order valence-electron chi connectivity index (χ0n) is 8.25. The van der Waals surface area contributed by atoms with Gasteiger partial charge in [-0.05, 0) is 36.1 Å². The Morgan fingerprint density at radius 3 is 2.79 bits per heavy atom. The molecule has 0 aliphatic rings. The van der Waals surface area contributed by atoms with Crippen LogP contribution in [0.25, 0.3) is 0 Å². The zero-order valence-corrected chi connectivity index (χ0v) is 9.84. The van der Waals surface area contributed by atoms with Gasteiger partial charge in [-0.1, -0.05) is 22.9 Å². The van der Waals surface area contributed by atoms with Crippen molar-refractivity contribution in [3.8, 4) is 5.75 Å². The molecule has 2 nitrogen and oxygen atoms in total. The number of rotatable bonds is 3. The normalized spacial score (nSPS) is 12.5. The van der Waals surface area contributed by atoms with Crippen molar-refractivity contribution >= 4 is 22.2 Å². The first kappa shape index (κ1) is 11.2. The van der Waals surface area contributed by atoms with Crippen molar-refractivity contribution in [1.29, 1.82) is 0 Å². The minimum atomic E-state index is 0.0590. The largest absolute Gasteiger partial charge is 0.507 e. The molecule has 1 rings (SSSR count). The number of halogens is 1. The number of hydrogen-bond acceptors (Lipinski definition) is 2. The molecule has 1 atom stereocenters. The number of benzene rings is 1. The lowest BCUT2D eigenvalue weighted by atomic mass is 9.96. The van der Waals surface area contributed by atoms with Gasteiger partial charge >= 0.3 is 0 Å². The maximum Gasteiger partial charge on any atom is 0.122 e. The number of aryl methyl sites for hydroxylation is 1. The molecular formula is C11H13BrO2. The van der Waals surface area contributed by atoms with E-state index >= 15 is 0 Å². The smallest absolute Gasteiger partial charge is 0.122 e. The molecule has 0 aliphatic carbocycles. The molecule has 0 saturated heterocycles. The number of aldehydes is 1. The van der Waals surface area contributed by atoms with Crippen LogP contribution in [0.1, 0.15) is 30.4 Å². The summed E-state index contributed by atoms with van der Waals surface area (Å²) in [5.74, 6) is 0.353. The predicted molar refractivity (Wildman–Crippen MR) is 59.6 cm³/mol. The summed E-state index contributed by atoms with van der Waals surface area (Å²) in [6.45, 7) is 3.77. The third kappa shape index (κ3) is 2.35. The van der Waals surface area contributed by atoms with Crippen LogP contribution in [0.3, 0.4) is 0 Å². The first-order valence-corrected chi connectivity index (χ1v) is 5.28. The van der Waals surface area contributed by atoms with E-state index in [0.717, 1.165) is 21.9 Å². The quantitative estimate of drug-likeness (QED) is 0.844. The van der Waals surface area contributed by atoms with E-state index in [1.807, 2.05) is 26.0 Å². The summed E-state index contributed by atoms with van der Waals surface area (Å²) < 4.78 is 0.931. The molecule has 0 spiro atoms. The molecule has 1 aromatic rings. The van der Waals surface area contributed by atoms with Gasteiger partial charge < -0.3 is 9.90 Å². The third-order valence-corrected chi connectivity index (χ3v) is 2.73. The lowest BCUT2D eigenvalue weighted by molar-refractivity contribution is -0.108. The van der Waals surface area contributed by atoms with Crippen molar-refractivity contribution in [2.75, 3.05) is 0 Å². The van der Waals surface area contributed by atoms with Gasteiger partial charge in [0.05, 0.1) is 0 Å². The van der Waals surface area contributed by atoms with Crippen LogP contribution in [0.2, 0.25) is 0 Å². The first-order valence-electron chi connectivity index (χ1n) is 4.49. The van der Waals surface area contributed by atoms with E-state index < -0.39 is 0 Å². The molecule has 0 bridgehead atoms. The van der Waals surface area contributed by atoms with Gasteiger partial charge in [0, 0.05) is 10.9 Å². The molecule has 0 saturated carbocycles. The highest BCUT2D eigenvalue weighted by molar-refractivity contribution is 9.10. The van der Waals surface area contributed by atoms with Crippen molar-refractivity contribution in [3.63, 3.8) is 0 Å². The molecule has 76 valence electrons. The Hall–Kier alpha value is -0.830. The fraction of sp³-hybridized carbons (Fsp3) is 0.364. The maximum absolute atomic E-state index is 10.4. The molecular weight excluding hydrogens is 244 g/mol. The third-order valence-electron chi connectivity index (χ3n) is 2.28. The standard InChI is InChI=1S/C11H13BrO2/c1-7(3-4-13)10-6-9(12)5-8(2)11(10)14/h4-7,14H,3H2,1-2H3. The van der Waals surface area contributed by atoms with Gasteiger partial charge in [0.1, 0.15) is 12.0 Å². The van der Waals surface area contributed by atoms with Crippen LogP contribution in [-0.4, -0.2) is 11.4 Å². The van der Waals surface area contributed by atoms with Gasteiger partial charge in [-0.15, -0.1) is 0 Å². The van der Waals surface area contributed by atoms with E-state index in [9.17, 15) is 9.90 Å². The number of carbonyl (C=O) groups is 1. The van der Waals surface area contributed by atoms with Crippen LogP contribution < -0.4 is 0 Å². The topological polar surface area (TPSA) is 37.3 Å². The van der Waals surface area contributed by atoms with Crippen LogP contribution in [0.15, 0.2) is 16.6 Å². The summed E-state index contributed by atoms with van der Waals surface area (Å²) in [5, 5.41) is 9.78. The molecule has 0 fully saturated rings. The van der Waals surface area contributed by atoms with E-state index in [-0.39, 0.29) is 5.92 Å². The summed E-state index contributed by atoms with van der Waals surface area (Å²) >= 11 is 3.37. The van der Waals surface area contributed by atoms with Crippen molar-refractivity contribution in [2.24, 2.45) is 0 Å².